The summed E-state index contributed by atoms with van der Waals surface area (Å²) in [6.45, 7) is 6.30. The Morgan fingerprint density at radius 1 is 1.05 bits per heavy atom. The molecular weight excluding hydrogens is 284 g/mol. The molecule has 0 saturated carbocycles. The van der Waals surface area contributed by atoms with E-state index < -0.39 is 0 Å². The van der Waals surface area contributed by atoms with Crippen molar-refractivity contribution in [3.05, 3.63) is 47.5 Å². The van der Waals surface area contributed by atoms with Crippen LogP contribution >= 0.6 is 11.6 Å². The molecule has 0 fully saturated rings. The highest BCUT2D eigenvalue weighted by Gasteiger charge is 2.09. The highest BCUT2D eigenvalue weighted by Crippen LogP contribution is 2.27. The molecule has 0 amide bonds. The summed E-state index contributed by atoms with van der Waals surface area (Å²) in [6, 6.07) is 13.8. The SMILES string of the molecule is CCN(CC)c1ccc(-c2nc3ccc(Cl)cc3o2)cc1. The van der Waals surface area contributed by atoms with Gasteiger partial charge in [-0.15, -0.1) is 0 Å². The number of nitrogens with zero attached hydrogens (tertiary/aromatic N) is 2. The molecule has 4 heteroatoms. The predicted octanol–water partition coefficient (Wildman–Crippen LogP) is 4.99. The monoisotopic (exact) mass is 300 g/mol. The van der Waals surface area contributed by atoms with Crippen LogP contribution in [0.15, 0.2) is 46.9 Å². The smallest absolute Gasteiger partial charge is 0.227 e. The molecule has 3 nitrogen and oxygen atoms in total. The van der Waals surface area contributed by atoms with Crippen molar-refractivity contribution >= 4 is 28.4 Å². The van der Waals surface area contributed by atoms with E-state index >= 15 is 0 Å². The van der Waals surface area contributed by atoms with E-state index in [0.717, 1.165) is 24.2 Å². The number of benzene rings is 2. The molecule has 0 bridgehead atoms. The molecule has 1 aromatic heterocycles. The summed E-state index contributed by atoms with van der Waals surface area (Å²) in [5, 5.41) is 0.655. The van der Waals surface area contributed by atoms with Crippen LogP contribution in [0.1, 0.15) is 13.8 Å². The normalized spacial score (nSPS) is 11.0. The molecule has 1 heterocycles. The first-order valence-electron chi connectivity index (χ1n) is 7.12. The number of anilines is 1. The van der Waals surface area contributed by atoms with E-state index in [9.17, 15) is 0 Å². The Hall–Kier alpha value is -2.00. The van der Waals surface area contributed by atoms with Crippen molar-refractivity contribution in [1.82, 2.24) is 4.98 Å². The first kappa shape index (κ1) is 14.0. The van der Waals surface area contributed by atoms with Crippen molar-refractivity contribution in [2.75, 3.05) is 18.0 Å². The summed E-state index contributed by atoms with van der Waals surface area (Å²) in [5.41, 5.74) is 3.72. The summed E-state index contributed by atoms with van der Waals surface area (Å²) >= 11 is 5.97. The molecule has 3 aromatic rings. The van der Waals surface area contributed by atoms with Crippen LogP contribution in [0.3, 0.4) is 0 Å². The summed E-state index contributed by atoms with van der Waals surface area (Å²) < 4.78 is 5.78. The second kappa shape index (κ2) is 5.78. The fourth-order valence-electron chi connectivity index (χ4n) is 2.43. The molecular formula is C17H17ClN2O. The van der Waals surface area contributed by atoms with Crippen molar-refractivity contribution < 1.29 is 4.42 Å². The van der Waals surface area contributed by atoms with Gasteiger partial charge in [0.1, 0.15) is 5.52 Å². The second-order valence-electron chi connectivity index (χ2n) is 4.85. The van der Waals surface area contributed by atoms with Crippen molar-refractivity contribution in [2.45, 2.75) is 13.8 Å². The number of hydrogen-bond acceptors (Lipinski definition) is 3. The number of rotatable bonds is 4. The van der Waals surface area contributed by atoms with Crippen molar-refractivity contribution in [3.63, 3.8) is 0 Å². The predicted molar refractivity (Wildman–Crippen MR) is 88.0 cm³/mol. The highest BCUT2D eigenvalue weighted by atomic mass is 35.5. The maximum atomic E-state index is 5.97. The van der Waals surface area contributed by atoms with Gasteiger partial charge in [-0.2, -0.15) is 0 Å². The molecule has 3 rings (SSSR count). The van der Waals surface area contributed by atoms with Gasteiger partial charge >= 0.3 is 0 Å². The zero-order valence-electron chi connectivity index (χ0n) is 12.1. The number of aromatic nitrogens is 1. The molecule has 0 N–H and O–H groups in total. The highest BCUT2D eigenvalue weighted by molar-refractivity contribution is 6.31. The molecule has 0 aliphatic rings. The Bertz CT molecular complexity index is 745. The number of hydrogen-bond donors (Lipinski definition) is 0. The fraction of sp³-hybridized carbons (Fsp3) is 0.235. The Labute approximate surface area is 129 Å². The summed E-state index contributed by atoms with van der Waals surface area (Å²) in [6.07, 6.45) is 0. The van der Waals surface area contributed by atoms with Crippen LogP contribution in [-0.4, -0.2) is 18.1 Å². The van der Waals surface area contributed by atoms with Gasteiger partial charge in [0.15, 0.2) is 5.58 Å². The van der Waals surface area contributed by atoms with Crippen molar-refractivity contribution in [1.29, 1.82) is 0 Å². The second-order valence-corrected chi connectivity index (χ2v) is 5.29. The molecule has 0 atom stereocenters. The third-order valence-corrected chi connectivity index (χ3v) is 3.83. The van der Waals surface area contributed by atoms with E-state index in [4.69, 9.17) is 16.0 Å². The third kappa shape index (κ3) is 2.74. The zero-order valence-corrected chi connectivity index (χ0v) is 12.9. The molecule has 2 aromatic carbocycles. The molecule has 0 aliphatic carbocycles. The number of fused-ring (bicyclic) bond motifs is 1. The van der Waals surface area contributed by atoms with Crippen LogP contribution in [0.5, 0.6) is 0 Å². The van der Waals surface area contributed by atoms with Gasteiger partial charge in [0.2, 0.25) is 5.89 Å². The molecule has 0 unspecified atom stereocenters. The Morgan fingerprint density at radius 2 is 1.76 bits per heavy atom. The van der Waals surface area contributed by atoms with E-state index in [0.29, 0.717) is 16.5 Å². The van der Waals surface area contributed by atoms with E-state index in [1.54, 1.807) is 6.07 Å². The number of halogens is 1. The lowest BCUT2D eigenvalue weighted by Crippen LogP contribution is -2.21. The molecule has 0 saturated heterocycles. The van der Waals surface area contributed by atoms with E-state index in [-0.39, 0.29) is 0 Å². The number of oxazole rings is 1. The summed E-state index contributed by atoms with van der Waals surface area (Å²) in [4.78, 5) is 6.80. The van der Waals surface area contributed by atoms with Crippen LogP contribution in [0.25, 0.3) is 22.6 Å². The van der Waals surface area contributed by atoms with Gasteiger partial charge in [0, 0.05) is 35.4 Å². The summed E-state index contributed by atoms with van der Waals surface area (Å²) in [7, 11) is 0. The van der Waals surface area contributed by atoms with Gasteiger partial charge < -0.3 is 9.32 Å². The minimum absolute atomic E-state index is 0.623. The van der Waals surface area contributed by atoms with Gasteiger partial charge in [0.05, 0.1) is 0 Å². The minimum Gasteiger partial charge on any atom is -0.436 e. The Morgan fingerprint density at radius 3 is 2.43 bits per heavy atom. The average molecular weight is 301 g/mol. The van der Waals surface area contributed by atoms with E-state index in [1.165, 1.54) is 5.69 Å². The van der Waals surface area contributed by atoms with Crippen LogP contribution in [-0.2, 0) is 0 Å². The van der Waals surface area contributed by atoms with Crippen LogP contribution < -0.4 is 4.90 Å². The quantitative estimate of drug-likeness (QED) is 0.679. The third-order valence-electron chi connectivity index (χ3n) is 3.59. The molecule has 108 valence electrons. The standard InChI is InChI=1S/C17H17ClN2O/c1-3-20(4-2)14-8-5-12(6-9-14)17-19-15-10-7-13(18)11-16(15)21-17/h5-11H,3-4H2,1-2H3. The molecule has 0 spiro atoms. The molecule has 0 aliphatic heterocycles. The van der Waals surface area contributed by atoms with Gasteiger partial charge in [0.25, 0.3) is 0 Å². The minimum atomic E-state index is 0.623. The van der Waals surface area contributed by atoms with Gasteiger partial charge in [-0.3, -0.25) is 0 Å². The zero-order chi connectivity index (χ0) is 14.8. The van der Waals surface area contributed by atoms with E-state index in [2.05, 4.69) is 35.9 Å². The lowest BCUT2D eigenvalue weighted by molar-refractivity contribution is 0.620. The van der Waals surface area contributed by atoms with Gasteiger partial charge in [-0.25, -0.2) is 4.98 Å². The Kier molecular flexibility index (Phi) is 3.84. The van der Waals surface area contributed by atoms with Gasteiger partial charge in [-0.1, -0.05) is 11.6 Å². The van der Waals surface area contributed by atoms with Crippen molar-refractivity contribution in [3.8, 4) is 11.5 Å². The van der Waals surface area contributed by atoms with Crippen molar-refractivity contribution in [2.24, 2.45) is 0 Å². The van der Waals surface area contributed by atoms with E-state index in [1.807, 2.05) is 24.3 Å². The lowest BCUT2D eigenvalue weighted by atomic mass is 10.2. The van der Waals surface area contributed by atoms with Gasteiger partial charge in [-0.05, 0) is 50.2 Å². The van der Waals surface area contributed by atoms with Crippen LogP contribution in [0.2, 0.25) is 5.02 Å². The summed E-state index contributed by atoms with van der Waals surface area (Å²) in [5.74, 6) is 0.623. The lowest BCUT2D eigenvalue weighted by Gasteiger charge is -2.20. The maximum Gasteiger partial charge on any atom is 0.227 e. The maximum absolute atomic E-state index is 5.97. The first-order chi connectivity index (χ1) is 10.2. The first-order valence-corrected chi connectivity index (χ1v) is 7.50. The molecule has 21 heavy (non-hydrogen) atoms. The van der Waals surface area contributed by atoms with Crippen LogP contribution in [0, 0.1) is 0 Å². The topological polar surface area (TPSA) is 29.3 Å². The fourth-order valence-corrected chi connectivity index (χ4v) is 2.59. The van der Waals surface area contributed by atoms with Crippen LogP contribution in [0.4, 0.5) is 5.69 Å². The molecule has 0 radical (unpaired) electrons. The largest absolute Gasteiger partial charge is 0.436 e. The average Bonchev–Trinajstić information content (AvgIpc) is 2.92. The Balaban J connectivity index is 1.95.